The van der Waals surface area contributed by atoms with E-state index in [0.717, 1.165) is 12.8 Å². The van der Waals surface area contributed by atoms with Gasteiger partial charge in [0.1, 0.15) is 11.6 Å². The molecule has 2 aliphatic carbocycles. The molecule has 2 fully saturated rings. The average molecular weight is 238 g/mol. The summed E-state index contributed by atoms with van der Waals surface area (Å²) < 4.78 is 4.96. The smallest absolute Gasteiger partial charge is 0.308 e. The van der Waals surface area contributed by atoms with Gasteiger partial charge in [-0.25, -0.2) is 0 Å². The number of rotatable bonds is 4. The number of carbonyl (C=O) groups excluding carboxylic acids is 3. The van der Waals surface area contributed by atoms with Crippen LogP contribution in [-0.4, -0.2) is 24.1 Å². The van der Waals surface area contributed by atoms with E-state index in [0.29, 0.717) is 25.9 Å². The topological polar surface area (TPSA) is 60.4 Å². The number of ketones is 2. The molecule has 0 amide bonds. The highest BCUT2D eigenvalue weighted by atomic mass is 16.5. The number of hydrogen-bond donors (Lipinski definition) is 0. The van der Waals surface area contributed by atoms with Gasteiger partial charge in [-0.15, -0.1) is 0 Å². The number of carbonyl (C=O) groups is 3. The van der Waals surface area contributed by atoms with Gasteiger partial charge in [-0.3, -0.25) is 14.4 Å². The molecule has 0 aromatic carbocycles. The zero-order valence-corrected chi connectivity index (χ0v) is 10.1. The molecule has 0 radical (unpaired) electrons. The highest BCUT2D eigenvalue weighted by Crippen LogP contribution is 2.37. The molecular weight excluding hydrogens is 220 g/mol. The molecule has 0 aromatic heterocycles. The van der Waals surface area contributed by atoms with Gasteiger partial charge in [-0.1, -0.05) is 0 Å². The molecule has 94 valence electrons. The summed E-state index contributed by atoms with van der Waals surface area (Å²) >= 11 is 0. The summed E-state index contributed by atoms with van der Waals surface area (Å²) in [5, 5.41) is 0. The van der Waals surface area contributed by atoms with Gasteiger partial charge < -0.3 is 4.74 Å². The lowest BCUT2D eigenvalue weighted by atomic mass is 9.77. The first-order chi connectivity index (χ1) is 8.13. The Hall–Kier alpha value is -1.19. The van der Waals surface area contributed by atoms with Gasteiger partial charge in [0.05, 0.1) is 18.4 Å². The van der Waals surface area contributed by atoms with Crippen molar-refractivity contribution in [3.8, 4) is 0 Å². The van der Waals surface area contributed by atoms with Crippen LogP contribution in [0.1, 0.15) is 39.0 Å². The summed E-state index contributed by atoms with van der Waals surface area (Å²) in [5.41, 5.74) is 0. The predicted octanol–water partition coefficient (Wildman–Crippen LogP) is 1.51. The van der Waals surface area contributed by atoms with E-state index in [4.69, 9.17) is 4.74 Å². The van der Waals surface area contributed by atoms with Crippen molar-refractivity contribution in [2.24, 2.45) is 17.8 Å². The van der Waals surface area contributed by atoms with E-state index in [1.54, 1.807) is 6.92 Å². The van der Waals surface area contributed by atoms with Gasteiger partial charge in [0.25, 0.3) is 0 Å². The third-order valence-corrected chi connectivity index (χ3v) is 3.59. The molecule has 2 unspecified atom stereocenters. The summed E-state index contributed by atoms with van der Waals surface area (Å²) in [7, 11) is 0. The Balaban J connectivity index is 1.98. The fourth-order valence-electron chi connectivity index (χ4n) is 2.43. The van der Waals surface area contributed by atoms with Crippen molar-refractivity contribution in [2.45, 2.75) is 39.0 Å². The van der Waals surface area contributed by atoms with Crippen LogP contribution in [0.25, 0.3) is 0 Å². The molecule has 0 bridgehead atoms. The van der Waals surface area contributed by atoms with Crippen LogP contribution in [0.5, 0.6) is 0 Å². The van der Waals surface area contributed by atoms with Crippen LogP contribution >= 0.6 is 0 Å². The number of ether oxygens (including phenoxy) is 1. The molecule has 17 heavy (non-hydrogen) atoms. The van der Waals surface area contributed by atoms with E-state index in [1.165, 1.54) is 0 Å². The minimum absolute atomic E-state index is 0.0162. The lowest BCUT2D eigenvalue weighted by Gasteiger charge is -2.25. The van der Waals surface area contributed by atoms with Crippen LogP contribution in [0, 0.1) is 17.8 Å². The molecule has 4 heteroatoms. The zero-order chi connectivity index (χ0) is 12.4. The Kier molecular flexibility index (Phi) is 3.60. The molecule has 0 heterocycles. The minimum atomic E-state index is -0.536. The summed E-state index contributed by atoms with van der Waals surface area (Å²) in [6.07, 6.45) is 3.06. The van der Waals surface area contributed by atoms with Crippen molar-refractivity contribution >= 4 is 17.5 Å². The molecule has 2 aliphatic rings. The Labute approximate surface area is 101 Å². The van der Waals surface area contributed by atoms with Crippen molar-refractivity contribution in [1.82, 2.24) is 0 Å². The Morgan fingerprint density at radius 1 is 1.24 bits per heavy atom. The monoisotopic (exact) mass is 238 g/mol. The third-order valence-electron chi connectivity index (χ3n) is 3.59. The largest absolute Gasteiger partial charge is 0.466 e. The molecule has 0 N–H and O–H groups in total. The molecule has 0 aromatic rings. The van der Waals surface area contributed by atoms with Gasteiger partial charge >= 0.3 is 5.97 Å². The molecule has 0 aliphatic heterocycles. The van der Waals surface area contributed by atoms with Gasteiger partial charge in [0.15, 0.2) is 0 Å². The third kappa shape index (κ3) is 2.73. The molecule has 2 atom stereocenters. The molecule has 4 nitrogen and oxygen atoms in total. The SMILES string of the molecule is CCOC(=O)C1CCC(=O)C(C(=O)C2CC2)C1. The van der Waals surface area contributed by atoms with Crippen molar-refractivity contribution in [3.63, 3.8) is 0 Å². The quantitative estimate of drug-likeness (QED) is 0.550. The van der Waals surface area contributed by atoms with E-state index in [9.17, 15) is 14.4 Å². The lowest BCUT2D eigenvalue weighted by Crippen LogP contribution is -2.35. The minimum Gasteiger partial charge on any atom is -0.466 e. The van der Waals surface area contributed by atoms with Crippen LogP contribution in [0.4, 0.5) is 0 Å². The van der Waals surface area contributed by atoms with Gasteiger partial charge in [-0.05, 0) is 32.6 Å². The van der Waals surface area contributed by atoms with Gasteiger partial charge in [-0.2, -0.15) is 0 Å². The molecular formula is C13H18O4. The van der Waals surface area contributed by atoms with E-state index >= 15 is 0 Å². The van der Waals surface area contributed by atoms with Crippen LogP contribution in [0.15, 0.2) is 0 Å². The fourth-order valence-corrected chi connectivity index (χ4v) is 2.43. The van der Waals surface area contributed by atoms with E-state index in [1.807, 2.05) is 0 Å². The molecule has 0 saturated heterocycles. The van der Waals surface area contributed by atoms with Gasteiger partial charge in [0.2, 0.25) is 0 Å². The van der Waals surface area contributed by atoms with Crippen molar-refractivity contribution < 1.29 is 19.1 Å². The lowest BCUT2D eigenvalue weighted by molar-refractivity contribution is -0.151. The van der Waals surface area contributed by atoms with Crippen LogP contribution in [-0.2, 0) is 19.1 Å². The van der Waals surface area contributed by atoms with Crippen molar-refractivity contribution in [3.05, 3.63) is 0 Å². The second kappa shape index (κ2) is 4.98. The second-order valence-corrected chi connectivity index (χ2v) is 4.92. The van der Waals surface area contributed by atoms with E-state index in [-0.39, 0.29) is 29.4 Å². The molecule has 2 rings (SSSR count). The summed E-state index contributed by atoms with van der Waals surface area (Å²) in [5.74, 6) is -0.893. The number of Topliss-reactive ketones (excluding diaryl/α,β-unsaturated/α-hetero) is 2. The normalized spacial score (nSPS) is 28.9. The first-order valence-corrected chi connectivity index (χ1v) is 6.36. The fraction of sp³-hybridized carbons (Fsp3) is 0.769. The van der Waals surface area contributed by atoms with Crippen molar-refractivity contribution in [1.29, 1.82) is 0 Å². The maximum Gasteiger partial charge on any atom is 0.308 e. The first-order valence-electron chi connectivity index (χ1n) is 6.36. The van der Waals surface area contributed by atoms with E-state index < -0.39 is 5.92 Å². The molecule has 0 spiro atoms. The predicted molar refractivity (Wildman–Crippen MR) is 60.2 cm³/mol. The summed E-state index contributed by atoms with van der Waals surface area (Å²) in [4.78, 5) is 35.3. The highest BCUT2D eigenvalue weighted by Gasteiger charge is 2.42. The Morgan fingerprint density at radius 2 is 1.94 bits per heavy atom. The Morgan fingerprint density at radius 3 is 2.53 bits per heavy atom. The highest BCUT2D eigenvalue weighted by molar-refractivity contribution is 6.05. The van der Waals surface area contributed by atoms with Crippen LogP contribution < -0.4 is 0 Å². The summed E-state index contributed by atoms with van der Waals surface area (Å²) in [6.45, 7) is 2.11. The Bertz CT molecular complexity index is 343. The van der Waals surface area contributed by atoms with Crippen molar-refractivity contribution in [2.75, 3.05) is 6.61 Å². The van der Waals surface area contributed by atoms with Gasteiger partial charge in [0, 0.05) is 12.3 Å². The summed E-state index contributed by atoms with van der Waals surface area (Å²) in [6, 6.07) is 0. The van der Waals surface area contributed by atoms with E-state index in [2.05, 4.69) is 0 Å². The second-order valence-electron chi connectivity index (χ2n) is 4.92. The molecule has 2 saturated carbocycles. The standard InChI is InChI=1S/C13H18O4/c1-2-17-13(16)9-5-6-11(14)10(7-9)12(15)8-3-4-8/h8-10H,2-7H2,1H3. The number of esters is 1. The zero-order valence-electron chi connectivity index (χ0n) is 10.1. The number of hydrogen-bond acceptors (Lipinski definition) is 4. The average Bonchev–Trinajstić information content (AvgIpc) is 3.13. The maximum absolute atomic E-state index is 11.9. The van der Waals surface area contributed by atoms with Crippen LogP contribution in [0.2, 0.25) is 0 Å². The maximum atomic E-state index is 11.9. The van der Waals surface area contributed by atoms with Crippen LogP contribution in [0.3, 0.4) is 0 Å². The first kappa shape index (κ1) is 12.3.